The number of pyridine rings is 1. The number of rotatable bonds is 2. The number of terminal acetylenes is 1. The van der Waals surface area contributed by atoms with Crippen molar-refractivity contribution in [2.75, 3.05) is 6.56 Å². The number of ether oxygens (including phenoxy) is 1. The van der Waals surface area contributed by atoms with E-state index in [-0.39, 0.29) is 11.0 Å². The third kappa shape index (κ3) is 1.97. The summed E-state index contributed by atoms with van der Waals surface area (Å²) in [6.45, 7) is -2.22. The summed E-state index contributed by atoms with van der Waals surface area (Å²) >= 11 is 5.81. The average molecular weight is 222 g/mol. The van der Waals surface area contributed by atoms with Crippen molar-refractivity contribution in [3.8, 4) is 18.2 Å². The van der Waals surface area contributed by atoms with Gasteiger partial charge in [0.1, 0.15) is 5.52 Å². The Bertz CT molecular complexity index is 612. The third-order valence-corrected chi connectivity index (χ3v) is 1.88. The van der Waals surface area contributed by atoms with Crippen LogP contribution in [0.1, 0.15) is 2.74 Å². The van der Waals surface area contributed by atoms with Gasteiger partial charge in [-0.2, -0.15) is 0 Å². The molecule has 0 radical (unpaired) electrons. The summed E-state index contributed by atoms with van der Waals surface area (Å²) in [5.41, 5.74) is 0.873. The molecule has 0 saturated heterocycles. The molecule has 0 spiro atoms. The second-order valence-corrected chi connectivity index (χ2v) is 2.88. The molecule has 2 aromatic rings. The summed E-state index contributed by atoms with van der Waals surface area (Å²) in [5.74, 6) is 1.84. The minimum Gasteiger partial charge on any atom is -0.463 e. The molecule has 0 unspecified atom stereocenters. The number of aromatic nitrogens is 3. The van der Waals surface area contributed by atoms with E-state index in [1.54, 1.807) is 6.07 Å². The van der Waals surface area contributed by atoms with E-state index in [1.165, 1.54) is 12.4 Å². The Hall–Kier alpha value is -1.86. The molecule has 2 aromatic heterocycles. The molecular formula is C10H6ClN3O. The third-order valence-electron chi connectivity index (χ3n) is 1.61. The zero-order chi connectivity index (χ0) is 12.5. The van der Waals surface area contributed by atoms with Gasteiger partial charge in [0.05, 0.1) is 14.5 Å². The van der Waals surface area contributed by atoms with Crippen LogP contribution in [-0.4, -0.2) is 21.5 Å². The van der Waals surface area contributed by atoms with Gasteiger partial charge < -0.3 is 4.74 Å². The molecule has 15 heavy (non-hydrogen) atoms. The number of nitrogens with zero attached hydrogens (tertiary/aromatic N) is 3. The van der Waals surface area contributed by atoms with Gasteiger partial charge in [-0.25, -0.2) is 15.0 Å². The van der Waals surface area contributed by atoms with Crippen LogP contribution in [0.25, 0.3) is 11.0 Å². The van der Waals surface area contributed by atoms with Crippen molar-refractivity contribution >= 4 is 22.6 Å². The molecule has 0 aliphatic carbocycles. The van der Waals surface area contributed by atoms with Crippen molar-refractivity contribution in [1.29, 1.82) is 0 Å². The first-order valence-corrected chi connectivity index (χ1v) is 4.34. The Morgan fingerprint density at radius 1 is 1.60 bits per heavy atom. The first-order valence-electron chi connectivity index (χ1n) is 4.96. The van der Waals surface area contributed by atoms with Gasteiger partial charge in [0.25, 0.3) is 0 Å². The highest BCUT2D eigenvalue weighted by Crippen LogP contribution is 2.18. The number of hydrogen-bond donors (Lipinski definition) is 0. The molecule has 4 nitrogen and oxygen atoms in total. The first-order chi connectivity index (χ1) is 8.02. The van der Waals surface area contributed by atoms with Crippen molar-refractivity contribution in [3.63, 3.8) is 0 Å². The topological polar surface area (TPSA) is 47.9 Å². The molecule has 0 aliphatic heterocycles. The van der Waals surface area contributed by atoms with Gasteiger partial charge in [0.2, 0.25) is 5.88 Å². The summed E-state index contributed by atoms with van der Waals surface area (Å²) in [5, 5.41) is 0.224. The van der Waals surface area contributed by atoms with E-state index in [4.69, 9.17) is 25.5 Å². The molecule has 0 N–H and O–H groups in total. The summed E-state index contributed by atoms with van der Waals surface area (Å²) in [7, 11) is 0. The molecule has 2 heterocycles. The first kappa shape index (κ1) is 7.43. The monoisotopic (exact) mass is 221 g/mol. The maximum atomic E-state index is 7.26. The van der Waals surface area contributed by atoms with Crippen LogP contribution in [0, 0.1) is 12.3 Å². The predicted molar refractivity (Wildman–Crippen MR) is 56.7 cm³/mol. The molecule has 2 rings (SSSR count). The quantitative estimate of drug-likeness (QED) is 0.572. The van der Waals surface area contributed by atoms with E-state index in [0.29, 0.717) is 11.0 Å². The number of halogens is 1. The molecule has 5 heteroatoms. The van der Waals surface area contributed by atoms with Crippen LogP contribution < -0.4 is 4.74 Å². The minimum atomic E-state index is -2.22. The molecule has 0 aromatic carbocycles. The van der Waals surface area contributed by atoms with Crippen molar-refractivity contribution in [2.24, 2.45) is 0 Å². The largest absolute Gasteiger partial charge is 0.463 e. The zero-order valence-electron chi connectivity index (χ0n) is 9.44. The standard InChI is InChI=1S/C10H6ClN3O/c1-2-5-15-8-6-13-9-7(14-8)3-4-12-10(9)11/h1,3-4,6H,5H2/i5D2. The Kier molecular flexibility index (Phi) is 2.04. The molecule has 0 aliphatic rings. The fourth-order valence-corrected chi connectivity index (χ4v) is 1.23. The molecule has 0 atom stereocenters. The van der Waals surface area contributed by atoms with Crippen LogP contribution >= 0.6 is 11.6 Å². The summed E-state index contributed by atoms with van der Waals surface area (Å²) < 4.78 is 19.4. The summed E-state index contributed by atoms with van der Waals surface area (Å²) in [6.07, 6.45) is 7.67. The van der Waals surface area contributed by atoms with E-state index < -0.39 is 6.56 Å². The second kappa shape index (κ2) is 4.11. The van der Waals surface area contributed by atoms with Gasteiger partial charge >= 0.3 is 0 Å². The molecule has 0 amide bonds. The Balaban J connectivity index is 2.43. The maximum absolute atomic E-state index is 7.26. The van der Waals surface area contributed by atoms with Gasteiger partial charge in [0, 0.05) is 6.20 Å². The average Bonchev–Trinajstić information content (AvgIpc) is 2.29. The highest BCUT2D eigenvalue weighted by molar-refractivity contribution is 6.33. The van der Waals surface area contributed by atoms with Crippen LogP contribution in [0.5, 0.6) is 5.88 Å². The normalized spacial score (nSPS) is 12.8. The van der Waals surface area contributed by atoms with Crippen LogP contribution in [0.3, 0.4) is 0 Å². The maximum Gasteiger partial charge on any atom is 0.233 e. The van der Waals surface area contributed by atoms with E-state index in [0.717, 1.165) is 0 Å². The van der Waals surface area contributed by atoms with Crippen LogP contribution in [0.2, 0.25) is 5.15 Å². The zero-order valence-corrected chi connectivity index (χ0v) is 8.19. The van der Waals surface area contributed by atoms with Crippen molar-refractivity contribution in [1.82, 2.24) is 15.0 Å². The Morgan fingerprint density at radius 3 is 3.27 bits per heavy atom. The number of fused-ring (bicyclic) bond motifs is 1. The summed E-state index contributed by atoms with van der Waals surface area (Å²) in [6, 6.07) is 1.59. The van der Waals surface area contributed by atoms with Gasteiger partial charge in [-0.3, -0.25) is 0 Å². The lowest BCUT2D eigenvalue weighted by molar-refractivity contribution is 0.355. The molecule has 0 saturated carbocycles. The van der Waals surface area contributed by atoms with Gasteiger partial charge in [0.15, 0.2) is 11.7 Å². The van der Waals surface area contributed by atoms with Crippen molar-refractivity contribution in [3.05, 3.63) is 23.6 Å². The Morgan fingerprint density at radius 2 is 2.47 bits per heavy atom. The van der Waals surface area contributed by atoms with E-state index in [1.807, 2.05) is 5.92 Å². The van der Waals surface area contributed by atoms with Gasteiger partial charge in [-0.05, 0) is 6.07 Å². The van der Waals surface area contributed by atoms with Crippen molar-refractivity contribution in [2.45, 2.75) is 0 Å². The van der Waals surface area contributed by atoms with Crippen LogP contribution in [0.15, 0.2) is 18.5 Å². The highest BCUT2D eigenvalue weighted by Gasteiger charge is 2.04. The lowest BCUT2D eigenvalue weighted by Gasteiger charge is -2.02. The molecule has 0 fully saturated rings. The minimum absolute atomic E-state index is 0.0114. The lowest BCUT2D eigenvalue weighted by atomic mass is 10.4. The lowest BCUT2D eigenvalue weighted by Crippen LogP contribution is -1.97. The fraction of sp³-hybridized carbons (Fsp3) is 0.100. The van der Waals surface area contributed by atoms with Crippen molar-refractivity contribution < 1.29 is 7.48 Å². The van der Waals surface area contributed by atoms with E-state index >= 15 is 0 Å². The van der Waals surface area contributed by atoms with Gasteiger partial charge in [-0.15, -0.1) is 6.42 Å². The van der Waals surface area contributed by atoms with Crippen LogP contribution in [0.4, 0.5) is 0 Å². The van der Waals surface area contributed by atoms with Gasteiger partial charge in [-0.1, -0.05) is 17.5 Å². The SMILES string of the molecule is [2H]C([2H])(C#C)Oc1cnc2c(Cl)nccc2n1. The molecule has 74 valence electrons. The second-order valence-electron chi connectivity index (χ2n) is 2.53. The smallest absolute Gasteiger partial charge is 0.233 e. The fourth-order valence-electron chi connectivity index (χ4n) is 1.03. The number of hydrogen-bond acceptors (Lipinski definition) is 4. The highest BCUT2D eigenvalue weighted by atomic mass is 35.5. The van der Waals surface area contributed by atoms with Crippen LogP contribution in [-0.2, 0) is 0 Å². The van der Waals surface area contributed by atoms with E-state index in [9.17, 15) is 0 Å². The van der Waals surface area contributed by atoms with E-state index in [2.05, 4.69) is 15.0 Å². The molecule has 0 bridgehead atoms. The molecular weight excluding hydrogens is 214 g/mol. The Labute approximate surface area is 94.1 Å². The summed E-state index contributed by atoms with van der Waals surface area (Å²) in [4.78, 5) is 11.8. The predicted octanol–water partition coefficient (Wildman–Crippen LogP) is 1.69.